The molecule has 138 valence electrons. The molecule has 1 aliphatic rings. The van der Waals surface area contributed by atoms with Gasteiger partial charge in [0.05, 0.1) is 32.1 Å². The fourth-order valence-corrected chi connectivity index (χ4v) is 2.90. The summed E-state index contributed by atoms with van der Waals surface area (Å²) in [5.74, 6) is 1.36. The van der Waals surface area contributed by atoms with Gasteiger partial charge in [0.2, 0.25) is 0 Å². The van der Waals surface area contributed by atoms with E-state index in [4.69, 9.17) is 14.2 Å². The average Bonchev–Trinajstić information content (AvgIpc) is 2.72. The number of hydrogen-bond donors (Lipinski definition) is 0. The first-order valence-electron chi connectivity index (χ1n) is 8.65. The molecule has 0 saturated carbocycles. The number of nitrogens with zero attached hydrogens (tertiary/aromatic N) is 3. The van der Waals surface area contributed by atoms with Crippen molar-refractivity contribution in [2.75, 3.05) is 33.5 Å². The van der Waals surface area contributed by atoms with Gasteiger partial charge in [-0.25, -0.2) is 0 Å². The number of ether oxygens (including phenoxy) is 3. The van der Waals surface area contributed by atoms with Crippen molar-refractivity contribution in [1.29, 1.82) is 0 Å². The zero-order valence-electron chi connectivity index (χ0n) is 14.8. The van der Waals surface area contributed by atoms with E-state index in [0.29, 0.717) is 25.5 Å². The lowest BCUT2D eigenvalue weighted by Crippen LogP contribution is -2.50. The molecule has 2 heterocycles. The second-order valence-corrected chi connectivity index (χ2v) is 6.02. The van der Waals surface area contributed by atoms with E-state index in [2.05, 4.69) is 9.97 Å². The first kappa shape index (κ1) is 18.1. The van der Waals surface area contributed by atoms with Crippen molar-refractivity contribution in [3.05, 3.63) is 48.5 Å². The first-order valence-corrected chi connectivity index (χ1v) is 8.65. The Morgan fingerprint density at radius 2 is 2.08 bits per heavy atom. The summed E-state index contributed by atoms with van der Waals surface area (Å²) in [6, 6.07) is 7.21. The summed E-state index contributed by atoms with van der Waals surface area (Å²) in [6.07, 6.45) is 6.62. The Kier molecular flexibility index (Phi) is 6.38. The molecule has 1 aliphatic heterocycles. The van der Waals surface area contributed by atoms with E-state index < -0.39 is 0 Å². The number of benzene rings is 1. The van der Waals surface area contributed by atoms with Gasteiger partial charge in [-0.3, -0.25) is 14.8 Å². The molecular formula is C19H23N3O4. The standard InChI is InChI=1S/C19H23N3O4/c1-24-17-4-6-18(7-5-17)26-14-19(23)22-10-11-25-13-16(22)3-2-15-12-20-8-9-21-15/h4-9,12,16H,2-3,10-11,13-14H2,1H3/t16-/m1/s1. The Bertz CT molecular complexity index is 694. The van der Waals surface area contributed by atoms with Crippen LogP contribution in [0.3, 0.4) is 0 Å². The lowest BCUT2D eigenvalue weighted by Gasteiger charge is -2.35. The van der Waals surface area contributed by atoms with Gasteiger partial charge in [-0.2, -0.15) is 0 Å². The molecule has 7 nitrogen and oxygen atoms in total. The minimum absolute atomic E-state index is 0.00791. The summed E-state index contributed by atoms with van der Waals surface area (Å²) in [4.78, 5) is 22.8. The number of methoxy groups -OCH3 is 1. The molecule has 1 fully saturated rings. The molecule has 1 atom stereocenters. The van der Waals surface area contributed by atoms with Crippen molar-refractivity contribution in [1.82, 2.24) is 14.9 Å². The van der Waals surface area contributed by atoms with Crippen molar-refractivity contribution in [2.45, 2.75) is 18.9 Å². The van der Waals surface area contributed by atoms with E-state index in [1.54, 1.807) is 50.0 Å². The van der Waals surface area contributed by atoms with Gasteiger partial charge in [-0.1, -0.05) is 0 Å². The summed E-state index contributed by atoms with van der Waals surface area (Å²) in [7, 11) is 1.61. The molecule has 26 heavy (non-hydrogen) atoms. The average molecular weight is 357 g/mol. The van der Waals surface area contributed by atoms with Crippen LogP contribution in [0.2, 0.25) is 0 Å². The van der Waals surface area contributed by atoms with Crippen LogP contribution in [0.15, 0.2) is 42.9 Å². The van der Waals surface area contributed by atoms with Gasteiger partial charge in [-0.15, -0.1) is 0 Å². The summed E-state index contributed by atoms with van der Waals surface area (Å²) in [6.45, 7) is 1.67. The number of rotatable bonds is 7. The number of aromatic nitrogens is 2. The normalized spacial score (nSPS) is 17.0. The van der Waals surface area contributed by atoms with Gasteiger partial charge in [0.15, 0.2) is 6.61 Å². The number of morpholine rings is 1. The van der Waals surface area contributed by atoms with Gasteiger partial charge in [0.25, 0.3) is 5.91 Å². The van der Waals surface area contributed by atoms with E-state index in [0.717, 1.165) is 24.3 Å². The van der Waals surface area contributed by atoms with E-state index in [1.165, 1.54) is 0 Å². The Balaban J connectivity index is 1.53. The highest BCUT2D eigenvalue weighted by Crippen LogP contribution is 2.18. The smallest absolute Gasteiger partial charge is 0.260 e. The number of amides is 1. The predicted octanol–water partition coefficient (Wildman–Crippen LogP) is 1.72. The van der Waals surface area contributed by atoms with Crippen LogP contribution in [0.5, 0.6) is 11.5 Å². The van der Waals surface area contributed by atoms with Crippen molar-refractivity contribution in [3.63, 3.8) is 0 Å². The SMILES string of the molecule is COc1ccc(OCC(=O)N2CCOC[C@H]2CCc2cnccn2)cc1. The van der Waals surface area contributed by atoms with E-state index in [9.17, 15) is 4.79 Å². The van der Waals surface area contributed by atoms with Gasteiger partial charge in [0.1, 0.15) is 11.5 Å². The summed E-state index contributed by atoms with van der Waals surface area (Å²) < 4.78 is 16.3. The molecule has 0 aliphatic carbocycles. The Morgan fingerprint density at radius 1 is 1.27 bits per heavy atom. The molecule has 1 amide bonds. The molecule has 1 saturated heterocycles. The Morgan fingerprint density at radius 3 is 2.81 bits per heavy atom. The quantitative estimate of drug-likeness (QED) is 0.751. The molecule has 1 aromatic carbocycles. The molecule has 2 aromatic rings. The number of carbonyl (C=O) groups is 1. The van der Waals surface area contributed by atoms with Crippen molar-refractivity contribution in [3.8, 4) is 11.5 Å². The Hall–Kier alpha value is -2.67. The number of hydrogen-bond acceptors (Lipinski definition) is 6. The first-order chi connectivity index (χ1) is 12.8. The Labute approximate surface area is 152 Å². The van der Waals surface area contributed by atoms with Crippen molar-refractivity contribution in [2.24, 2.45) is 0 Å². The highest BCUT2D eigenvalue weighted by atomic mass is 16.5. The molecular weight excluding hydrogens is 334 g/mol. The molecule has 0 unspecified atom stereocenters. The third-order valence-corrected chi connectivity index (χ3v) is 4.32. The van der Waals surface area contributed by atoms with Gasteiger partial charge < -0.3 is 19.1 Å². The second-order valence-electron chi connectivity index (χ2n) is 6.02. The molecule has 0 N–H and O–H groups in total. The van der Waals surface area contributed by atoms with E-state index in [1.807, 2.05) is 4.90 Å². The maximum absolute atomic E-state index is 12.6. The van der Waals surface area contributed by atoms with Crippen LogP contribution in [0, 0.1) is 0 Å². The monoisotopic (exact) mass is 357 g/mol. The minimum atomic E-state index is -0.0340. The van der Waals surface area contributed by atoms with Gasteiger partial charge >= 0.3 is 0 Å². The van der Waals surface area contributed by atoms with Crippen LogP contribution in [-0.2, 0) is 16.0 Å². The van der Waals surface area contributed by atoms with Crippen molar-refractivity contribution >= 4 is 5.91 Å². The lowest BCUT2D eigenvalue weighted by molar-refractivity contribution is -0.142. The lowest BCUT2D eigenvalue weighted by atomic mass is 10.1. The fourth-order valence-electron chi connectivity index (χ4n) is 2.90. The largest absolute Gasteiger partial charge is 0.497 e. The van der Waals surface area contributed by atoms with Crippen LogP contribution in [-0.4, -0.2) is 60.3 Å². The highest BCUT2D eigenvalue weighted by Gasteiger charge is 2.27. The molecule has 0 spiro atoms. The van der Waals surface area contributed by atoms with E-state index in [-0.39, 0.29) is 18.6 Å². The highest BCUT2D eigenvalue weighted by molar-refractivity contribution is 5.78. The predicted molar refractivity (Wildman–Crippen MR) is 95.2 cm³/mol. The van der Waals surface area contributed by atoms with Crippen LogP contribution in [0.1, 0.15) is 12.1 Å². The zero-order chi connectivity index (χ0) is 18.2. The summed E-state index contributed by atoms with van der Waals surface area (Å²) in [5.41, 5.74) is 0.917. The zero-order valence-corrected chi connectivity index (χ0v) is 14.8. The van der Waals surface area contributed by atoms with Crippen molar-refractivity contribution < 1.29 is 19.0 Å². The second kappa shape index (κ2) is 9.15. The van der Waals surface area contributed by atoms with Gasteiger partial charge in [0, 0.05) is 25.1 Å². The van der Waals surface area contributed by atoms with Crippen LogP contribution < -0.4 is 9.47 Å². The number of aryl methyl sites for hydroxylation is 1. The maximum Gasteiger partial charge on any atom is 0.260 e. The molecule has 0 bridgehead atoms. The minimum Gasteiger partial charge on any atom is -0.497 e. The summed E-state index contributed by atoms with van der Waals surface area (Å²) in [5, 5.41) is 0. The third kappa shape index (κ3) is 4.92. The fraction of sp³-hybridized carbons (Fsp3) is 0.421. The number of carbonyl (C=O) groups excluding carboxylic acids is 1. The van der Waals surface area contributed by atoms with E-state index >= 15 is 0 Å². The van der Waals surface area contributed by atoms with Crippen LogP contribution >= 0.6 is 0 Å². The van der Waals surface area contributed by atoms with Crippen LogP contribution in [0.4, 0.5) is 0 Å². The molecule has 7 heteroatoms. The molecule has 3 rings (SSSR count). The third-order valence-electron chi connectivity index (χ3n) is 4.32. The topological polar surface area (TPSA) is 73.8 Å². The molecule has 1 aromatic heterocycles. The van der Waals surface area contributed by atoms with Gasteiger partial charge in [-0.05, 0) is 37.1 Å². The van der Waals surface area contributed by atoms with Crippen LogP contribution in [0.25, 0.3) is 0 Å². The molecule has 0 radical (unpaired) electrons. The summed E-state index contributed by atoms with van der Waals surface area (Å²) >= 11 is 0. The maximum atomic E-state index is 12.6.